The highest BCUT2D eigenvalue weighted by molar-refractivity contribution is 6.31. The lowest BCUT2D eigenvalue weighted by atomic mass is 10.2. The van der Waals surface area contributed by atoms with E-state index in [1.165, 1.54) is 4.90 Å². The van der Waals surface area contributed by atoms with Crippen molar-refractivity contribution in [2.24, 2.45) is 0 Å². The van der Waals surface area contributed by atoms with Crippen molar-refractivity contribution in [1.82, 2.24) is 10.2 Å². The molecule has 3 amide bonds. The molecule has 0 atom stereocenters. The fraction of sp³-hybridized carbons (Fsp3) is 0.500. The van der Waals surface area contributed by atoms with Gasteiger partial charge in [0.15, 0.2) is 0 Å². The summed E-state index contributed by atoms with van der Waals surface area (Å²) in [5.74, 6) is 0. The highest BCUT2D eigenvalue weighted by Gasteiger charge is 2.19. The third-order valence-electron chi connectivity index (χ3n) is 2.87. The van der Waals surface area contributed by atoms with Gasteiger partial charge < -0.3 is 20.3 Å². The molecular weight excluding hydrogens is 318 g/mol. The molecule has 0 aromatic heterocycles. The number of likely N-dealkylation sites (N-methyl/N-ethyl adjacent to an activating group) is 1. The van der Waals surface area contributed by atoms with Crippen LogP contribution in [0, 0.1) is 6.92 Å². The van der Waals surface area contributed by atoms with Crippen molar-refractivity contribution in [3.05, 3.63) is 28.8 Å². The van der Waals surface area contributed by atoms with Crippen molar-refractivity contribution >= 4 is 29.4 Å². The van der Waals surface area contributed by atoms with E-state index in [9.17, 15) is 9.59 Å². The molecule has 1 aromatic carbocycles. The van der Waals surface area contributed by atoms with E-state index in [-0.39, 0.29) is 6.03 Å². The van der Waals surface area contributed by atoms with E-state index in [0.717, 1.165) is 5.56 Å². The van der Waals surface area contributed by atoms with Crippen molar-refractivity contribution in [1.29, 1.82) is 0 Å². The Labute approximate surface area is 142 Å². The number of hydrogen-bond donors (Lipinski definition) is 2. The molecule has 0 heterocycles. The van der Waals surface area contributed by atoms with Gasteiger partial charge in [0.05, 0.1) is 0 Å². The molecule has 128 valence electrons. The summed E-state index contributed by atoms with van der Waals surface area (Å²) >= 11 is 6.00. The number of carbonyl (C=O) groups excluding carboxylic acids is 2. The maximum atomic E-state index is 11.8. The summed E-state index contributed by atoms with van der Waals surface area (Å²) < 4.78 is 5.22. The number of ether oxygens (including phenoxy) is 1. The first-order chi connectivity index (χ1) is 10.6. The number of nitrogens with one attached hydrogen (secondary N) is 2. The Morgan fingerprint density at radius 3 is 2.52 bits per heavy atom. The first-order valence-electron chi connectivity index (χ1n) is 7.33. The topological polar surface area (TPSA) is 70.7 Å². The molecule has 0 saturated carbocycles. The highest BCUT2D eigenvalue weighted by atomic mass is 35.5. The van der Waals surface area contributed by atoms with Crippen molar-refractivity contribution in [3.63, 3.8) is 0 Å². The molecule has 2 N–H and O–H groups in total. The summed E-state index contributed by atoms with van der Waals surface area (Å²) in [6, 6.07) is 4.92. The quantitative estimate of drug-likeness (QED) is 0.878. The Morgan fingerprint density at radius 1 is 1.30 bits per heavy atom. The SMILES string of the molecule is Cc1ccc(NC(=O)NCCN(C)C(=O)OC(C)(C)C)cc1Cl. The third kappa shape index (κ3) is 7.23. The Hall–Kier alpha value is -1.95. The van der Waals surface area contributed by atoms with Gasteiger partial charge in [-0.15, -0.1) is 0 Å². The smallest absolute Gasteiger partial charge is 0.410 e. The van der Waals surface area contributed by atoms with E-state index in [0.29, 0.717) is 23.8 Å². The molecule has 0 fully saturated rings. The van der Waals surface area contributed by atoms with Gasteiger partial charge in [0.1, 0.15) is 5.60 Å². The van der Waals surface area contributed by atoms with Gasteiger partial charge in [-0.05, 0) is 45.4 Å². The maximum absolute atomic E-state index is 11.8. The fourth-order valence-corrected chi connectivity index (χ4v) is 1.79. The first kappa shape index (κ1) is 19.1. The van der Waals surface area contributed by atoms with Crippen LogP contribution in [0.2, 0.25) is 5.02 Å². The number of nitrogens with zero attached hydrogens (tertiary/aromatic N) is 1. The molecule has 0 aliphatic rings. The second-order valence-electron chi connectivity index (χ2n) is 6.25. The second kappa shape index (κ2) is 8.06. The first-order valence-corrected chi connectivity index (χ1v) is 7.71. The van der Waals surface area contributed by atoms with Crippen LogP contribution in [0.5, 0.6) is 0 Å². The largest absolute Gasteiger partial charge is 0.444 e. The summed E-state index contributed by atoms with van der Waals surface area (Å²) in [5, 5.41) is 5.94. The molecule has 0 aliphatic heterocycles. The minimum absolute atomic E-state index is 0.307. The highest BCUT2D eigenvalue weighted by Crippen LogP contribution is 2.19. The predicted molar refractivity (Wildman–Crippen MR) is 92.1 cm³/mol. The van der Waals surface area contributed by atoms with Crippen LogP contribution in [-0.4, -0.2) is 42.8 Å². The fourth-order valence-electron chi connectivity index (χ4n) is 1.61. The third-order valence-corrected chi connectivity index (χ3v) is 3.27. The van der Waals surface area contributed by atoms with Crippen LogP contribution in [0.4, 0.5) is 15.3 Å². The van der Waals surface area contributed by atoms with Gasteiger partial charge in [0.2, 0.25) is 0 Å². The van der Waals surface area contributed by atoms with Crippen molar-refractivity contribution in [2.45, 2.75) is 33.3 Å². The molecule has 0 radical (unpaired) electrons. The van der Waals surface area contributed by atoms with Gasteiger partial charge in [-0.25, -0.2) is 9.59 Å². The lowest BCUT2D eigenvalue weighted by molar-refractivity contribution is 0.0301. The molecule has 0 spiro atoms. The summed E-state index contributed by atoms with van der Waals surface area (Å²) in [4.78, 5) is 25.0. The normalized spacial score (nSPS) is 10.9. The molecular formula is C16H24ClN3O3. The number of aryl methyl sites for hydroxylation is 1. The standard InChI is InChI=1S/C16H24ClN3O3/c1-11-6-7-12(10-13(11)17)19-14(21)18-8-9-20(5)15(22)23-16(2,3)4/h6-7,10H,8-9H2,1-5H3,(H2,18,19,21). The molecule has 0 bridgehead atoms. The summed E-state index contributed by atoms with van der Waals surface area (Å²) in [5.41, 5.74) is 1.01. The van der Waals surface area contributed by atoms with Crippen LogP contribution in [0.1, 0.15) is 26.3 Å². The van der Waals surface area contributed by atoms with Crippen molar-refractivity contribution < 1.29 is 14.3 Å². The molecule has 0 unspecified atom stereocenters. The lowest BCUT2D eigenvalue weighted by Gasteiger charge is -2.24. The Balaban J connectivity index is 2.36. The number of rotatable bonds is 4. The van der Waals surface area contributed by atoms with E-state index in [1.54, 1.807) is 40.0 Å². The van der Waals surface area contributed by atoms with E-state index in [4.69, 9.17) is 16.3 Å². The minimum Gasteiger partial charge on any atom is -0.444 e. The van der Waals surface area contributed by atoms with Gasteiger partial charge in [0, 0.05) is 30.8 Å². The van der Waals surface area contributed by atoms with Gasteiger partial charge in [-0.1, -0.05) is 17.7 Å². The summed E-state index contributed by atoms with van der Waals surface area (Å²) in [6.45, 7) is 7.95. The minimum atomic E-state index is -0.541. The number of urea groups is 1. The van der Waals surface area contributed by atoms with Gasteiger partial charge in [0.25, 0.3) is 0 Å². The molecule has 7 heteroatoms. The zero-order valence-corrected chi connectivity index (χ0v) is 15.0. The lowest BCUT2D eigenvalue weighted by Crippen LogP contribution is -2.40. The van der Waals surface area contributed by atoms with Crippen molar-refractivity contribution in [3.8, 4) is 0 Å². The zero-order valence-electron chi connectivity index (χ0n) is 14.2. The average Bonchev–Trinajstić information content (AvgIpc) is 2.41. The van der Waals surface area contributed by atoms with Crippen LogP contribution in [0.3, 0.4) is 0 Å². The molecule has 0 saturated heterocycles. The molecule has 23 heavy (non-hydrogen) atoms. The van der Waals surface area contributed by atoms with Crippen LogP contribution < -0.4 is 10.6 Å². The summed E-state index contributed by atoms with van der Waals surface area (Å²) in [6.07, 6.45) is -0.426. The van der Waals surface area contributed by atoms with Crippen molar-refractivity contribution in [2.75, 3.05) is 25.5 Å². The number of hydrogen-bond acceptors (Lipinski definition) is 3. The van der Waals surface area contributed by atoms with Crippen LogP contribution in [0.25, 0.3) is 0 Å². The number of anilines is 1. The Bertz CT molecular complexity index is 570. The average molecular weight is 342 g/mol. The molecule has 1 aromatic rings. The molecule has 1 rings (SSSR count). The molecule has 0 aliphatic carbocycles. The van der Waals surface area contributed by atoms with Gasteiger partial charge in [-0.3, -0.25) is 0 Å². The Morgan fingerprint density at radius 2 is 1.96 bits per heavy atom. The van der Waals surface area contributed by atoms with E-state index < -0.39 is 11.7 Å². The van der Waals surface area contributed by atoms with E-state index in [1.807, 2.05) is 13.0 Å². The zero-order chi connectivity index (χ0) is 17.6. The van der Waals surface area contributed by atoms with Crippen LogP contribution in [0.15, 0.2) is 18.2 Å². The van der Waals surface area contributed by atoms with E-state index >= 15 is 0 Å². The monoisotopic (exact) mass is 341 g/mol. The van der Waals surface area contributed by atoms with Crippen LogP contribution >= 0.6 is 11.6 Å². The van der Waals surface area contributed by atoms with Gasteiger partial charge in [-0.2, -0.15) is 0 Å². The maximum Gasteiger partial charge on any atom is 0.410 e. The number of halogens is 1. The summed E-state index contributed by atoms with van der Waals surface area (Å²) in [7, 11) is 1.62. The number of amides is 3. The van der Waals surface area contributed by atoms with Gasteiger partial charge >= 0.3 is 12.1 Å². The predicted octanol–water partition coefficient (Wildman–Crippen LogP) is 3.64. The van der Waals surface area contributed by atoms with E-state index in [2.05, 4.69) is 10.6 Å². The number of benzene rings is 1. The molecule has 6 nitrogen and oxygen atoms in total. The van der Waals surface area contributed by atoms with Crippen LogP contribution in [-0.2, 0) is 4.74 Å². The number of carbonyl (C=O) groups is 2. The Kier molecular flexibility index (Phi) is 6.69. The second-order valence-corrected chi connectivity index (χ2v) is 6.65.